The van der Waals surface area contributed by atoms with E-state index in [-0.39, 0.29) is 11.4 Å². The van der Waals surface area contributed by atoms with Gasteiger partial charge in [-0.3, -0.25) is 0 Å². The summed E-state index contributed by atoms with van der Waals surface area (Å²) in [4.78, 5) is 16.5. The zero-order chi connectivity index (χ0) is 17.2. The first-order chi connectivity index (χ1) is 11.5. The van der Waals surface area contributed by atoms with Crippen molar-refractivity contribution in [1.29, 1.82) is 0 Å². The maximum atomic E-state index is 12.3. The van der Waals surface area contributed by atoms with E-state index in [1.165, 1.54) is 0 Å². The molecule has 0 saturated carbocycles. The summed E-state index contributed by atoms with van der Waals surface area (Å²) in [5.74, 6) is 0.580. The van der Waals surface area contributed by atoms with Crippen LogP contribution in [0.3, 0.4) is 0 Å². The molecule has 0 bridgehead atoms. The van der Waals surface area contributed by atoms with E-state index in [9.17, 15) is 4.79 Å². The Bertz CT molecular complexity index is 717. The summed E-state index contributed by atoms with van der Waals surface area (Å²) in [5.41, 5.74) is 2.76. The monoisotopic (exact) mass is 330 g/mol. The van der Waals surface area contributed by atoms with Crippen LogP contribution in [0.4, 0.5) is 10.5 Å². The minimum Gasteiger partial charge on any atom is -0.381 e. The fourth-order valence-electron chi connectivity index (χ4n) is 3.38. The number of amides is 2. The zero-order valence-electron chi connectivity index (χ0n) is 14.6. The first-order valence-electron chi connectivity index (χ1n) is 8.51. The standard InChI is InChI=1S/C18H26N4O2/c1-13-10-15(11-22-7-6-19-16(13)22)21-17(23)20-12-18(2,3)14-4-8-24-9-5-14/h6-7,10-11,14H,4-5,8-9,12H2,1-3H3,(H2,20,21,23). The highest BCUT2D eigenvalue weighted by Gasteiger charge is 2.31. The quantitative estimate of drug-likeness (QED) is 0.904. The van der Waals surface area contributed by atoms with Crippen molar-refractivity contribution >= 4 is 17.4 Å². The van der Waals surface area contributed by atoms with Gasteiger partial charge in [-0.05, 0) is 42.7 Å². The Morgan fingerprint density at radius 3 is 2.92 bits per heavy atom. The summed E-state index contributed by atoms with van der Waals surface area (Å²) in [6, 6.07) is 1.76. The van der Waals surface area contributed by atoms with E-state index in [0.29, 0.717) is 12.5 Å². The highest BCUT2D eigenvalue weighted by atomic mass is 16.5. The Morgan fingerprint density at radius 2 is 2.17 bits per heavy atom. The van der Waals surface area contributed by atoms with E-state index >= 15 is 0 Å². The molecule has 130 valence electrons. The van der Waals surface area contributed by atoms with Gasteiger partial charge in [-0.2, -0.15) is 0 Å². The van der Waals surface area contributed by atoms with Gasteiger partial charge in [0.1, 0.15) is 5.65 Å². The van der Waals surface area contributed by atoms with Crippen LogP contribution >= 0.6 is 0 Å². The van der Waals surface area contributed by atoms with Gasteiger partial charge in [-0.1, -0.05) is 13.8 Å². The van der Waals surface area contributed by atoms with Crippen molar-refractivity contribution in [2.75, 3.05) is 25.1 Å². The summed E-state index contributed by atoms with van der Waals surface area (Å²) in [7, 11) is 0. The minimum atomic E-state index is -0.172. The number of fused-ring (bicyclic) bond motifs is 1. The summed E-state index contributed by atoms with van der Waals surface area (Å²) in [6.07, 6.45) is 7.63. The average molecular weight is 330 g/mol. The van der Waals surface area contributed by atoms with Gasteiger partial charge in [0, 0.05) is 38.3 Å². The number of imidazole rings is 1. The molecular weight excluding hydrogens is 304 g/mol. The lowest BCUT2D eigenvalue weighted by Gasteiger charge is -2.37. The van der Waals surface area contributed by atoms with Gasteiger partial charge in [-0.25, -0.2) is 9.78 Å². The van der Waals surface area contributed by atoms with Crippen LogP contribution in [0.2, 0.25) is 0 Å². The molecule has 2 aromatic heterocycles. The molecule has 2 amide bonds. The Kier molecular flexibility index (Phi) is 4.76. The van der Waals surface area contributed by atoms with Crippen molar-refractivity contribution in [2.45, 2.75) is 33.6 Å². The second kappa shape index (κ2) is 6.81. The lowest BCUT2D eigenvalue weighted by Crippen LogP contribution is -2.42. The predicted octanol–water partition coefficient (Wildman–Crippen LogP) is 3.22. The van der Waals surface area contributed by atoms with Crippen LogP contribution in [0.25, 0.3) is 5.65 Å². The van der Waals surface area contributed by atoms with E-state index < -0.39 is 0 Å². The van der Waals surface area contributed by atoms with Gasteiger partial charge in [0.05, 0.1) is 5.69 Å². The number of nitrogens with zero attached hydrogens (tertiary/aromatic N) is 2. The lowest BCUT2D eigenvalue weighted by atomic mass is 9.74. The number of hydrogen-bond acceptors (Lipinski definition) is 3. The highest BCUT2D eigenvalue weighted by molar-refractivity contribution is 5.89. The number of hydrogen-bond donors (Lipinski definition) is 2. The highest BCUT2D eigenvalue weighted by Crippen LogP contribution is 2.33. The molecule has 3 rings (SSSR count). The van der Waals surface area contributed by atoms with Crippen molar-refractivity contribution in [1.82, 2.24) is 14.7 Å². The van der Waals surface area contributed by atoms with Crippen LogP contribution in [0.1, 0.15) is 32.3 Å². The van der Waals surface area contributed by atoms with Gasteiger partial charge in [0.15, 0.2) is 0 Å². The third-order valence-electron chi connectivity index (χ3n) is 4.96. The fourth-order valence-corrected chi connectivity index (χ4v) is 3.38. The van der Waals surface area contributed by atoms with E-state index in [1.807, 2.05) is 29.8 Å². The molecule has 0 atom stereocenters. The number of aromatic nitrogens is 2. The molecule has 3 heterocycles. The SMILES string of the molecule is Cc1cc(NC(=O)NCC(C)(C)C2CCOCC2)cn2ccnc12. The Balaban J connectivity index is 1.58. The molecule has 1 aliphatic heterocycles. The molecule has 1 fully saturated rings. The zero-order valence-corrected chi connectivity index (χ0v) is 14.6. The molecule has 2 N–H and O–H groups in total. The van der Waals surface area contributed by atoms with E-state index in [0.717, 1.165) is 43.0 Å². The number of nitrogens with one attached hydrogen (secondary N) is 2. The summed E-state index contributed by atoms with van der Waals surface area (Å²) < 4.78 is 7.35. The molecule has 0 aromatic carbocycles. The van der Waals surface area contributed by atoms with Crippen molar-refractivity contribution in [3.05, 3.63) is 30.2 Å². The van der Waals surface area contributed by atoms with Crippen LogP contribution < -0.4 is 10.6 Å². The number of carbonyl (C=O) groups excluding carboxylic acids is 1. The third-order valence-corrected chi connectivity index (χ3v) is 4.96. The van der Waals surface area contributed by atoms with Gasteiger partial charge >= 0.3 is 6.03 Å². The Labute approximate surface area is 142 Å². The Morgan fingerprint density at radius 1 is 1.42 bits per heavy atom. The number of urea groups is 1. The van der Waals surface area contributed by atoms with E-state index in [4.69, 9.17) is 4.74 Å². The Hall–Kier alpha value is -2.08. The number of anilines is 1. The molecule has 24 heavy (non-hydrogen) atoms. The number of carbonyl (C=O) groups is 1. The molecule has 0 unspecified atom stereocenters. The first-order valence-corrected chi connectivity index (χ1v) is 8.51. The number of pyridine rings is 1. The van der Waals surface area contributed by atoms with E-state index in [1.54, 1.807) is 6.20 Å². The number of ether oxygens (including phenoxy) is 1. The largest absolute Gasteiger partial charge is 0.381 e. The minimum absolute atomic E-state index is 0.0609. The summed E-state index contributed by atoms with van der Waals surface area (Å²) in [6.45, 7) is 8.71. The van der Waals surface area contributed by atoms with Crippen LogP contribution in [-0.4, -0.2) is 35.2 Å². The van der Waals surface area contributed by atoms with Crippen LogP contribution in [0.5, 0.6) is 0 Å². The third kappa shape index (κ3) is 3.70. The summed E-state index contributed by atoms with van der Waals surface area (Å²) >= 11 is 0. The van der Waals surface area contributed by atoms with Gasteiger partial charge in [0.25, 0.3) is 0 Å². The molecule has 6 nitrogen and oxygen atoms in total. The topological polar surface area (TPSA) is 67.7 Å². The molecule has 0 spiro atoms. The summed E-state index contributed by atoms with van der Waals surface area (Å²) in [5, 5.41) is 5.93. The molecule has 1 saturated heterocycles. The fraction of sp³-hybridized carbons (Fsp3) is 0.556. The molecule has 0 radical (unpaired) electrons. The van der Waals surface area contributed by atoms with Gasteiger partial charge in [-0.15, -0.1) is 0 Å². The van der Waals surface area contributed by atoms with Gasteiger partial charge < -0.3 is 19.8 Å². The van der Waals surface area contributed by atoms with Crippen molar-refractivity contribution in [3.63, 3.8) is 0 Å². The molecule has 1 aliphatic rings. The predicted molar refractivity (Wildman–Crippen MR) is 94.3 cm³/mol. The van der Waals surface area contributed by atoms with Crippen molar-refractivity contribution in [3.8, 4) is 0 Å². The van der Waals surface area contributed by atoms with Crippen molar-refractivity contribution < 1.29 is 9.53 Å². The van der Waals surface area contributed by atoms with E-state index in [2.05, 4.69) is 29.5 Å². The number of aryl methyl sites for hydroxylation is 1. The molecular formula is C18H26N4O2. The molecule has 6 heteroatoms. The normalized spacial score (nSPS) is 16.3. The average Bonchev–Trinajstić information content (AvgIpc) is 3.03. The van der Waals surface area contributed by atoms with Crippen LogP contribution in [-0.2, 0) is 4.74 Å². The molecule has 2 aromatic rings. The maximum absolute atomic E-state index is 12.3. The second-order valence-corrected chi connectivity index (χ2v) is 7.25. The van der Waals surface area contributed by atoms with Crippen molar-refractivity contribution in [2.24, 2.45) is 11.3 Å². The van der Waals surface area contributed by atoms with Crippen LogP contribution in [0, 0.1) is 18.3 Å². The lowest BCUT2D eigenvalue weighted by molar-refractivity contribution is 0.0238. The second-order valence-electron chi connectivity index (χ2n) is 7.25. The first kappa shape index (κ1) is 16.8. The van der Waals surface area contributed by atoms with Gasteiger partial charge in [0.2, 0.25) is 0 Å². The molecule has 0 aliphatic carbocycles. The maximum Gasteiger partial charge on any atom is 0.319 e. The van der Waals surface area contributed by atoms with Crippen LogP contribution in [0.15, 0.2) is 24.7 Å². The smallest absolute Gasteiger partial charge is 0.319 e. The number of rotatable bonds is 4.